The van der Waals surface area contributed by atoms with E-state index in [0.717, 1.165) is 0 Å². The number of carbonyl (C=O) groups excluding carboxylic acids is 1. The quantitative estimate of drug-likeness (QED) is 0.686. The number of carbonyl (C=O) groups is 1. The molecule has 0 saturated carbocycles. The summed E-state index contributed by atoms with van der Waals surface area (Å²) in [5.41, 5.74) is 6.21. The molecule has 0 radical (unpaired) electrons. The monoisotopic (exact) mass is 237 g/mol. The van der Waals surface area contributed by atoms with E-state index in [0.29, 0.717) is 10.8 Å². The number of hydrogen-bond donors (Lipinski definition) is 3. The van der Waals surface area contributed by atoms with Gasteiger partial charge in [-0.15, -0.1) is 0 Å². The van der Waals surface area contributed by atoms with Gasteiger partial charge in [0.25, 0.3) is 5.91 Å². The van der Waals surface area contributed by atoms with Gasteiger partial charge in [0.15, 0.2) is 0 Å². The van der Waals surface area contributed by atoms with Gasteiger partial charge in [0.05, 0.1) is 11.9 Å². The SMILES string of the molecule is Nc1cc(C(=O)Nc2ccc(Cl)nc2)[nH]n1. The Labute approximate surface area is 95.8 Å². The Morgan fingerprint density at radius 2 is 2.31 bits per heavy atom. The number of H-pyrrole nitrogens is 1. The van der Waals surface area contributed by atoms with Crippen molar-refractivity contribution in [2.75, 3.05) is 11.1 Å². The second-order valence-electron chi connectivity index (χ2n) is 3.03. The fourth-order valence-corrected chi connectivity index (χ4v) is 1.21. The number of halogens is 1. The Kier molecular flexibility index (Phi) is 2.74. The van der Waals surface area contributed by atoms with Gasteiger partial charge < -0.3 is 11.1 Å². The lowest BCUT2D eigenvalue weighted by Gasteiger charge is -2.01. The Balaban J connectivity index is 2.10. The summed E-state index contributed by atoms with van der Waals surface area (Å²) in [6.07, 6.45) is 1.46. The van der Waals surface area contributed by atoms with Crippen LogP contribution in [0.25, 0.3) is 0 Å². The number of anilines is 2. The van der Waals surface area contributed by atoms with Crippen molar-refractivity contribution in [3.05, 3.63) is 35.2 Å². The topological polar surface area (TPSA) is 96.7 Å². The summed E-state index contributed by atoms with van der Waals surface area (Å²) in [6.45, 7) is 0. The average molecular weight is 238 g/mol. The third-order valence-electron chi connectivity index (χ3n) is 1.83. The maximum Gasteiger partial charge on any atom is 0.273 e. The minimum absolute atomic E-state index is 0.263. The normalized spacial score (nSPS) is 10.1. The second kappa shape index (κ2) is 4.19. The zero-order valence-electron chi connectivity index (χ0n) is 8.07. The van der Waals surface area contributed by atoms with Gasteiger partial charge in [-0.25, -0.2) is 4.98 Å². The average Bonchev–Trinajstić information content (AvgIpc) is 2.68. The molecule has 0 saturated heterocycles. The summed E-state index contributed by atoms with van der Waals surface area (Å²) in [5, 5.41) is 9.13. The molecule has 2 aromatic rings. The van der Waals surface area contributed by atoms with Crippen molar-refractivity contribution in [1.82, 2.24) is 15.2 Å². The van der Waals surface area contributed by atoms with E-state index >= 15 is 0 Å². The van der Waals surface area contributed by atoms with Crippen LogP contribution in [0.5, 0.6) is 0 Å². The number of aromatic nitrogens is 3. The van der Waals surface area contributed by atoms with Crippen molar-refractivity contribution in [3.8, 4) is 0 Å². The van der Waals surface area contributed by atoms with E-state index in [-0.39, 0.29) is 17.4 Å². The van der Waals surface area contributed by atoms with Crippen LogP contribution >= 0.6 is 11.6 Å². The molecule has 0 aliphatic rings. The molecule has 1 amide bonds. The van der Waals surface area contributed by atoms with Crippen LogP contribution in [0, 0.1) is 0 Å². The number of rotatable bonds is 2. The Hall–Kier alpha value is -2.08. The molecule has 7 heteroatoms. The van der Waals surface area contributed by atoms with Gasteiger partial charge in [0.2, 0.25) is 0 Å². The summed E-state index contributed by atoms with van der Waals surface area (Å²) in [5.74, 6) is -0.0762. The van der Waals surface area contributed by atoms with Gasteiger partial charge in [-0.3, -0.25) is 9.89 Å². The molecule has 2 rings (SSSR count). The largest absolute Gasteiger partial charge is 0.382 e. The Morgan fingerprint density at radius 1 is 1.50 bits per heavy atom. The number of hydrogen-bond acceptors (Lipinski definition) is 4. The van der Waals surface area contributed by atoms with E-state index in [2.05, 4.69) is 20.5 Å². The zero-order chi connectivity index (χ0) is 11.5. The number of nitrogens with two attached hydrogens (primary N) is 1. The first-order valence-corrected chi connectivity index (χ1v) is 4.77. The predicted octanol–water partition coefficient (Wildman–Crippen LogP) is 1.29. The minimum Gasteiger partial charge on any atom is -0.382 e. The van der Waals surface area contributed by atoms with Crippen LogP contribution in [0.2, 0.25) is 5.15 Å². The smallest absolute Gasteiger partial charge is 0.273 e. The van der Waals surface area contributed by atoms with Crippen molar-refractivity contribution in [1.29, 1.82) is 0 Å². The third-order valence-corrected chi connectivity index (χ3v) is 2.05. The van der Waals surface area contributed by atoms with Crippen LogP contribution in [-0.2, 0) is 0 Å². The lowest BCUT2D eigenvalue weighted by molar-refractivity contribution is 0.102. The predicted molar refractivity (Wildman–Crippen MR) is 60.2 cm³/mol. The highest BCUT2D eigenvalue weighted by atomic mass is 35.5. The maximum atomic E-state index is 11.6. The summed E-state index contributed by atoms with van der Waals surface area (Å²) in [7, 11) is 0. The molecule has 2 aromatic heterocycles. The molecule has 82 valence electrons. The summed E-state index contributed by atoms with van der Waals surface area (Å²) >= 11 is 5.61. The third kappa shape index (κ3) is 2.29. The molecule has 0 atom stereocenters. The summed E-state index contributed by atoms with van der Waals surface area (Å²) in [6, 6.07) is 4.67. The standard InChI is InChI=1S/C9H8ClN5O/c10-7-2-1-5(4-12-7)13-9(16)6-3-8(11)15-14-6/h1-4H,(H,13,16)(H3,11,14,15). The molecular weight excluding hydrogens is 230 g/mol. The number of nitrogens with one attached hydrogen (secondary N) is 2. The van der Waals surface area contributed by atoms with Gasteiger partial charge in [-0.2, -0.15) is 5.10 Å². The van der Waals surface area contributed by atoms with Crippen LogP contribution in [0.3, 0.4) is 0 Å². The van der Waals surface area contributed by atoms with E-state index in [1.165, 1.54) is 12.3 Å². The van der Waals surface area contributed by atoms with Crippen molar-refractivity contribution in [2.45, 2.75) is 0 Å². The fourth-order valence-electron chi connectivity index (χ4n) is 1.10. The molecule has 6 nitrogen and oxygen atoms in total. The number of nitrogens with zero attached hydrogens (tertiary/aromatic N) is 2. The van der Waals surface area contributed by atoms with E-state index < -0.39 is 0 Å². The van der Waals surface area contributed by atoms with Crippen LogP contribution in [0.15, 0.2) is 24.4 Å². The van der Waals surface area contributed by atoms with Crippen LogP contribution in [0.4, 0.5) is 11.5 Å². The molecule has 0 aliphatic carbocycles. The maximum absolute atomic E-state index is 11.6. The molecular formula is C9H8ClN5O. The van der Waals surface area contributed by atoms with Gasteiger partial charge in [0.1, 0.15) is 16.7 Å². The summed E-state index contributed by atoms with van der Waals surface area (Å²) in [4.78, 5) is 15.4. The van der Waals surface area contributed by atoms with E-state index in [4.69, 9.17) is 17.3 Å². The van der Waals surface area contributed by atoms with Crippen molar-refractivity contribution < 1.29 is 4.79 Å². The molecule has 0 spiro atoms. The molecule has 0 bridgehead atoms. The molecule has 0 aromatic carbocycles. The molecule has 0 unspecified atom stereocenters. The van der Waals surface area contributed by atoms with Gasteiger partial charge >= 0.3 is 0 Å². The van der Waals surface area contributed by atoms with Crippen LogP contribution in [-0.4, -0.2) is 21.1 Å². The first-order chi connectivity index (χ1) is 7.65. The summed E-state index contributed by atoms with van der Waals surface area (Å²) < 4.78 is 0. The molecule has 16 heavy (non-hydrogen) atoms. The van der Waals surface area contributed by atoms with Crippen molar-refractivity contribution >= 4 is 29.0 Å². The zero-order valence-corrected chi connectivity index (χ0v) is 8.82. The van der Waals surface area contributed by atoms with Gasteiger partial charge in [-0.1, -0.05) is 11.6 Å². The van der Waals surface area contributed by atoms with Gasteiger partial charge in [-0.05, 0) is 12.1 Å². The van der Waals surface area contributed by atoms with Gasteiger partial charge in [0, 0.05) is 6.07 Å². The number of amides is 1. The lowest BCUT2D eigenvalue weighted by Crippen LogP contribution is -2.12. The van der Waals surface area contributed by atoms with Crippen LogP contribution in [0.1, 0.15) is 10.5 Å². The van der Waals surface area contributed by atoms with E-state index in [9.17, 15) is 4.79 Å². The highest BCUT2D eigenvalue weighted by Gasteiger charge is 2.08. The number of aromatic amines is 1. The van der Waals surface area contributed by atoms with Crippen LogP contribution < -0.4 is 11.1 Å². The Bertz CT molecular complexity index is 507. The molecule has 4 N–H and O–H groups in total. The highest BCUT2D eigenvalue weighted by molar-refractivity contribution is 6.29. The number of pyridine rings is 1. The Morgan fingerprint density at radius 3 is 2.88 bits per heavy atom. The second-order valence-corrected chi connectivity index (χ2v) is 3.42. The van der Waals surface area contributed by atoms with E-state index in [1.54, 1.807) is 12.1 Å². The minimum atomic E-state index is -0.340. The first kappa shape index (κ1) is 10.4. The lowest BCUT2D eigenvalue weighted by atomic mass is 10.3. The van der Waals surface area contributed by atoms with Crippen molar-refractivity contribution in [2.24, 2.45) is 0 Å². The number of nitrogen functional groups attached to an aromatic ring is 1. The van der Waals surface area contributed by atoms with E-state index in [1.807, 2.05) is 0 Å². The van der Waals surface area contributed by atoms with Crippen molar-refractivity contribution in [3.63, 3.8) is 0 Å². The fraction of sp³-hybridized carbons (Fsp3) is 0. The molecule has 2 heterocycles. The highest BCUT2D eigenvalue weighted by Crippen LogP contribution is 2.11. The molecule has 0 aliphatic heterocycles. The first-order valence-electron chi connectivity index (χ1n) is 4.39. The molecule has 0 fully saturated rings.